The van der Waals surface area contributed by atoms with Crippen LogP contribution in [0, 0.1) is 6.92 Å². The maximum atomic E-state index is 13.1. The average Bonchev–Trinajstić information content (AvgIpc) is 3.46. The van der Waals surface area contributed by atoms with Gasteiger partial charge in [0.1, 0.15) is 5.54 Å². The number of carboxylic acids is 1. The molecule has 0 atom stereocenters. The molecule has 1 aromatic heterocycles. The van der Waals surface area contributed by atoms with Gasteiger partial charge in [0.25, 0.3) is 5.91 Å². The lowest BCUT2D eigenvalue weighted by Crippen LogP contribution is -2.57. The lowest BCUT2D eigenvalue weighted by Gasteiger charge is -2.34. The molecule has 0 spiro atoms. The number of carbonyl (C=O) groups is 2. The van der Waals surface area contributed by atoms with Gasteiger partial charge in [0.2, 0.25) is 0 Å². The highest BCUT2D eigenvalue weighted by Crippen LogP contribution is 2.40. The molecule has 2 aliphatic rings. The number of aryl methyl sites for hydroxylation is 1. The normalized spacial score (nSPS) is 19.3. The second-order valence-electron chi connectivity index (χ2n) is 7.34. The van der Waals surface area contributed by atoms with Crippen molar-refractivity contribution in [1.29, 1.82) is 0 Å². The van der Waals surface area contributed by atoms with E-state index in [-0.39, 0.29) is 18.7 Å². The molecule has 2 fully saturated rings. The number of pyridine rings is 1. The largest absolute Gasteiger partial charge is 0.480 e. The quantitative estimate of drug-likeness (QED) is 0.881. The fourth-order valence-electron chi connectivity index (χ4n) is 3.53. The first-order valence-electron chi connectivity index (χ1n) is 9.03. The van der Waals surface area contributed by atoms with Gasteiger partial charge in [-0.2, -0.15) is 0 Å². The molecule has 6 nitrogen and oxygen atoms in total. The number of ether oxygens (including phenoxy) is 1. The number of hydrogen-bond acceptors (Lipinski definition) is 4. The van der Waals surface area contributed by atoms with Crippen LogP contribution in [-0.4, -0.2) is 40.7 Å². The summed E-state index contributed by atoms with van der Waals surface area (Å²) in [6.07, 6.45) is 2.71. The molecular weight excluding hydrogens is 332 g/mol. The van der Waals surface area contributed by atoms with Crippen molar-refractivity contribution in [2.75, 3.05) is 13.2 Å². The maximum absolute atomic E-state index is 13.1. The number of carbonyl (C=O) groups excluding carboxylic acids is 1. The molecule has 1 aliphatic heterocycles. The number of aliphatic carboxylic acids is 1. The van der Waals surface area contributed by atoms with Crippen LogP contribution in [-0.2, 0) is 9.53 Å². The van der Waals surface area contributed by atoms with Crippen LogP contribution in [0.4, 0.5) is 0 Å². The van der Waals surface area contributed by atoms with E-state index in [1.54, 1.807) is 0 Å². The molecule has 2 N–H and O–H groups in total. The Morgan fingerprint density at radius 2 is 1.96 bits per heavy atom. The predicted octanol–water partition coefficient (Wildman–Crippen LogP) is 2.78. The van der Waals surface area contributed by atoms with Gasteiger partial charge in [-0.1, -0.05) is 11.6 Å². The third kappa shape index (κ3) is 3.05. The Kier molecular flexibility index (Phi) is 4.15. The van der Waals surface area contributed by atoms with E-state index in [4.69, 9.17) is 9.72 Å². The topological polar surface area (TPSA) is 88.5 Å². The highest BCUT2D eigenvalue weighted by atomic mass is 16.5. The number of rotatable bonds is 4. The number of nitrogens with one attached hydrogen (secondary N) is 1. The minimum absolute atomic E-state index is 0.269. The summed E-state index contributed by atoms with van der Waals surface area (Å²) in [5, 5.41) is 13.3. The van der Waals surface area contributed by atoms with E-state index in [2.05, 4.69) is 5.32 Å². The second-order valence-corrected chi connectivity index (χ2v) is 7.34. The molecule has 0 radical (unpaired) electrons. The number of fused-ring (bicyclic) bond motifs is 1. The summed E-state index contributed by atoms with van der Waals surface area (Å²) >= 11 is 0. The van der Waals surface area contributed by atoms with Crippen molar-refractivity contribution in [1.82, 2.24) is 10.3 Å². The van der Waals surface area contributed by atoms with Crippen LogP contribution in [0.25, 0.3) is 10.9 Å². The summed E-state index contributed by atoms with van der Waals surface area (Å²) in [5.41, 5.74) is 1.97. The zero-order chi connectivity index (χ0) is 18.3. The molecular formula is C20H22N2O4. The molecule has 1 saturated heterocycles. The highest BCUT2D eigenvalue weighted by Gasteiger charge is 2.42. The Hall–Kier alpha value is -2.47. The zero-order valence-corrected chi connectivity index (χ0v) is 14.7. The first kappa shape index (κ1) is 17.0. The Labute approximate surface area is 151 Å². The second kappa shape index (κ2) is 6.36. The van der Waals surface area contributed by atoms with E-state index in [0.717, 1.165) is 35.0 Å². The van der Waals surface area contributed by atoms with Gasteiger partial charge in [-0.25, -0.2) is 4.79 Å². The molecule has 26 heavy (non-hydrogen) atoms. The lowest BCUT2D eigenvalue weighted by atomic mass is 9.89. The molecule has 1 amide bonds. The summed E-state index contributed by atoms with van der Waals surface area (Å²) < 4.78 is 5.28. The molecule has 2 heterocycles. The maximum Gasteiger partial charge on any atom is 0.329 e. The molecule has 1 aromatic carbocycles. The first-order chi connectivity index (χ1) is 12.5. The third-order valence-corrected chi connectivity index (χ3v) is 5.33. The van der Waals surface area contributed by atoms with Crippen molar-refractivity contribution in [3.8, 4) is 0 Å². The smallest absolute Gasteiger partial charge is 0.329 e. The number of nitrogens with zero attached hydrogens (tertiary/aromatic N) is 1. The third-order valence-electron chi connectivity index (χ3n) is 5.33. The van der Waals surface area contributed by atoms with Crippen molar-refractivity contribution in [2.45, 2.75) is 44.1 Å². The van der Waals surface area contributed by atoms with Crippen molar-refractivity contribution >= 4 is 22.8 Å². The van der Waals surface area contributed by atoms with Gasteiger partial charge in [-0.3, -0.25) is 9.78 Å². The minimum atomic E-state index is -1.27. The number of benzene rings is 1. The van der Waals surface area contributed by atoms with Crippen LogP contribution >= 0.6 is 0 Å². The van der Waals surface area contributed by atoms with E-state index in [0.29, 0.717) is 24.7 Å². The lowest BCUT2D eigenvalue weighted by molar-refractivity contribution is -0.148. The zero-order valence-electron chi connectivity index (χ0n) is 14.7. The van der Waals surface area contributed by atoms with Gasteiger partial charge < -0.3 is 15.2 Å². The summed E-state index contributed by atoms with van der Waals surface area (Å²) in [5.74, 6) is -0.955. The van der Waals surface area contributed by atoms with Gasteiger partial charge in [-0.05, 0) is 38.0 Å². The standard InChI is InChI=1S/C20H22N2O4/c1-12-2-5-16-14(10-12)15(11-17(21-16)13-3-4-13)18(23)22-20(19(24)25)6-8-26-9-7-20/h2,5,10-11,13H,3-4,6-9H2,1H3,(H,22,23)(H,24,25). The minimum Gasteiger partial charge on any atom is -0.480 e. The van der Waals surface area contributed by atoms with Crippen LogP contribution in [0.1, 0.15) is 53.2 Å². The average molecular weight is 354 g/mol. The number of amides is 1. The Morgan fingerprint density at radius 3 is 2.62 bits per heavy atom. The van der Waals surface area contributed by atoms with Gasteiger partial charge in [-0.15, -0.1) is 0 Å². The Morgan fingerprint density at radius 1 is 1.23 bits per heavy atom. The van der Waals surface area contributed by atoms with Gasteiger partial charge in [0.15, 0.2) is 0 Å². The van der Waals surface area contributed by atoms with E-state index in [1.807, 2.05) is 31.2 Å². The van der Waals surface area contributed by atoms with Gasteiger partial charge in [0, 0.05) is 43.1 Å². The summed E-state index contributed by atoms with van der Waals surface area (Å²) in [7, 11) is 0. The van der Waals surface area contributed by atoms with Crippen molar-refractivity contribution < 1.29 is 19.4 Å². The molecule has 1 saturated carbocycles. The molecule has 0 bridgehead atoms. The van der Waals surface area contributed by atoms with Crippen LogP contribution in [0.15, 0.2) is 24.3 Å². The molecule has 1 aliphatic carbocycles. The first-order valence-corrected chi connectivity index (χ1v) is 9.03. The summed E-state index contributed by atoms with van der Waals surface area (Å²) in [6, 6.07) is 7.68. The Bertz CT molecular complexity index is 883. The van der Waals surface area contributed by atoms with Crippen molar-refractivity contribution in [2.24, 2.45) is 0 Å². The molecule has 6 heteroatoms. The SMILES string of the molecule is Cc1ccc2nc(C3CC3)cc(C(=O)NC3(C(=O)O)CCOCC3)c2c1. The van der Waals surface area contributed by atoms with E-state index in [1.165, 1.54) is 0 Å². The van der Waals surface area contributed by atoms with E-state index in [9.17, 15) is 14.7 Å². The molecule has 136 valence electrons. The fourth-order valence-corrected chi connectivity index (χ4v) is 3.53. The van der Waals surface area contributed by atoms with Crippen LogP contribution in [0.2, 0.25) is 0 Å². The molecule has 2 aromatic rings. The van der Waals surface area contributed by atoms with E-state index >= 15 is 0 Å². The molecule has 4 rings (SSSR count). The summed E-state index contributed by atoms with van der Waals surface area (Å²) in [6.45, 7) is 2.62. The molecule has 0 unspecified atom stereocenters. The van der Waals surface area contributed by atoms with Gasteiger partial charge >= 0.3 is 5.97 Å². The van der Waals surface area contributed by atoms with Crippen LogP contribution in [0.5, 0.6) is 0 Å². The highest BCUT2D eigenvalue weighted by molar-refractivity contribution is 6.08. The predicted molar refractivity (Wildman–Crippen MR) is 96.3 cm³/mol. The fraction of sp³-hybridized carbons (Fsp3) is 0.450. The monoisotopic (exact) mass is 354 g/mol. The van der Waals surface area contributed by atoms with Crippen LogP contribution < -0.4 is 5.32 Å². The van der Waals surface area contributed by atoms with Crippen molar-refractivity contribution in [3.05, 3.63) is 41.1 Å². The van der Waals surface area contributed by atoms with E-state index < -0.39 is 11.5 Å². The number of carboxylic acid groups (broad SMARTS) is 1. The van der Waals surface area contributed by atoms with Crippen LogP contribution in [0.3, 0.4) is 0 Å². The Balaban J connectivity index is 1.75. The van der Waals surface area contributed by atoms with Crippen molar-refractivity contribution in [3.63, 3.8) is 0 Å². The number of hydrogen-bond donors (Lipinski definition) is 2. The number of aromatic nitrogens is 1. The summed E-state index contributed by atoms with van der Waals surface area (Å²) in [4.78, 5) is 29.7. The van der Waals surface area contributed by atoms with Gasteiger partial charge in [0.05, 0.1) is 11.1 Å².